The molecule has 2 aromatic rings. The van der Waals surface area contributed by atoms with E-state index in [1.807, 2.05) is 32.0 Å². The number of ether oxygens (including phenoxy) is 2. The normalized spacial score (nSPS) is 12.2. The lowest BCUT2D eigenvalue weighted by Crippen LogP contribution is -2.20. The van der Waals surface area contributed by atoms with Gasteiger partial charge in [0.1, 0.15) is 23.1 Å². The van der Waals surface area contributed by atoms with E-state index in [-0.39, 0.29) is 6.04 Å². The SMILES string of the molecule is COc1ccc(OC)c(C(N)Cn2nc(C)nc2C)c1. The molecule has 2 N–H and O–H groups in total. The predicted molar refractivity (Wildman–Crippen MR) is 76.0 cm³/mol. The monoisotopic (exact) mass is 276 g/mol. The van der Waals surface area contributed by atoms with Gasteiger partial charge in [-0.2, -0.15) is 5.10 Å². The predicted octanol–water partition coefficient (Wildman–Crippen LogP) is 1.61. The second-order valence-electron chi connectivity index (χ2n) is 4.60. The average Bonchev–Trinajstić information content (AvgIpc) is 2.76. The fourth-order valence-electron chi connectivity index (χ4n) is 2.15. The van der Waals surface area contributed by atoms with E-state index in [0.29, 0.717) is 6.54 Å². The molecular formula is C14H20N4O2. The number of rotatable bonds is 5. The van der Waals surface area contributed by atoms with E-state index in [4.69, 9.17) is 15.2 Å². The highest BCUT2D eigenvalue weighted by molar-refractivity contribution is 5.42. The number of hydrogen-bond donors (Lipinski definition) is 1. The van der Waals surface area contributed by atoms with Crippen LogP contribution in [0.2, 0.25) is 0 Å². The summed E-state index contributed by atoms with van der Waals surface area (Å²) < 4.78 is 12.4. The Kier molecular flexibility index (Phi) is 4.24. The summed E-state index contributed by atoms with van der Waals surface area (Å²) in [5, 5.41) is 4.33. The quantitative estimate of drug-likeness (QED) is 0.898. The molecule has 0 spiro atoms. The summed E-state index contributed by atoms with van der Waals surface area (Å²) in [5.74, 6) is 3.09. The molecule has 0 aliphatic heterocycles. The fourth-order valence-corrected chi connectivity index (χ4v) is 2.15. The molecular weight excluding hydrogens is 256 g/mol. The van der Waals surface area contributed by atoms with Gasteiger partial charge in [0, 0.05) is 5.56 Å². The van der Waals surface area contributed by atoms with Crippen LogP contribution in [-0.2, 0) is 6.54 Å². The highest BCUT2D eigenvalue weighted by Gasteiger charge is 2.15. The third-order valence-electron chi connectivity index (χ3n) is 3.17. The molecule has 2 rings (SSSR count). The third kappa shape index (κ3) is 2.91. The van der Waals surface area contributed by atoms with Crippen molar-refractivity contribution in [2.45, 2.75) is 26.4 Å². The van der Waals surface area contributed by atoms with Crippen molar-refractivity contribution in [2.75, 3.05) is 14.2 Å². The summed E-state index contributed by atoms with van der Waals surface area (Å²) in [4.78, 5) is 4.27. The van der Waals surface area contributed by atoms with Crippen molar-refractivity contribution in [3.05, 3.63) is 35.4 Å². The zero-order valence-electron chi connectivity index (χ0n) is 12.3. The van der Waals surface area contributed by atoms with Crippen LogP contribution >= 0.6 is 0 Å². The Morgan fingerprint density at radius 3 is 2.55 bits per heavy atom. The molecule has 6 nitrogen and oxygen atoms in total. The van der Waals surface area contributed by atoms with Crippen LogP contribution in [0.3, 0.4) is 0 Å². The minimum absolute atomic E-state index is 0.250. The molecule has 20 heavy (non-hydrogen) atoms. The molecule has 108 valence electrons. The van der Waals surface area contributed by atoms with E-state index in [2.05, 4.69) is 10.1 Å². The Balaban J connectivity index is 2.28. The van der Waals surface area contributed by atoms with E-state index in [1.54, 1.807) is 18.9 Å². The number of nitrogens with zero attached hydrogens (tertiary/aromatic N) is 3. The fraction of sp³-hybridized carbons (Fsp3) is 0.429. The van der Waals surface area contributed by atoms with E-state index in [0.717, 1.165) is 28.7 Å². The summed E-state index contributed by atoms with van der Waals surface area (Å²) in [6, 6.07) is 5.34. The van der Waals surface area contributed by atoms with Crippen LogP contribution in [0.5, 0.6) is 11.5 Å². The van der Waals surface area contributed by atoms with Gasteiger partial charge in [-0.05, 0) is 32.0 Å². The summed E-state index contributed by atoms with van der Waals surface area (Å²) in [6.45, 7) is 4.31. The molecule has 0 radical (unpaired) electrons. The first kappa shape index (κ1) is 14.3. The molecule has 0 aliphatic rings. The maximum absolute atomic E-state index is 6.28. The largest absolute Gasteiger partial charge is 0.497 e. The van der Waals surface area contributed by atoms with Crippen LogP contribution < -0.4 is 15.2 Å². The summed E-state index contributed by atoms with van der Waals surface area (Å²) >= 11 is 0. The molecule has 1 atom stereocenters. The topological polar surface area (TPSA) is 75.2 Å². The lowest BCUT2D eigenvalue weighted by Gasteiger charge is -2.17. The highest BCUT2D eigenvalue weighted by Crippen LogP contribution is 2.29. The van der Waals surface area contributed by atoms with Gasteiger partial charge in [-0.25, -0.2) is 9.67 Å². The van der Waals surface area contributed by atoms with Gasteiger partial charge >= 0.3 is 0 Å². The maximum atomic E-state index is 6.28. The van der Waals surface area contributed by atoms with Gasteiger partial charge in [0.25, 0.3) is 0 Å². The molecule has 1 aromatic carbocycles. The van der Waals surface area contributed by atoms with Gasteiger partial charge in [0.15, 0.2) is 0 Å². The van der Waals surface area contributed by atoms with Crippen LogP contribution in [0.4, 0.5) is 0 Å². The zero-order valence-corrected chi connectivity index (χ0v) is 12.3. The van der Waals surface area contributed by atoms with Crippen molar-refractivity contribution in [2.24, 2.45) is 5.73 Å². The first-order valence-electron chi connectivity index (χ1n) is 6.40. The Hall–Kier alpha value is -2.08. The van der Waals surface area contributed by atoms with E-state index in [9.17, 15) is 0 Å². The lowest BCUT2D eigenvalue weighted by atomic mass is 10.1. The number of methoxy groups -OCH3 is 2. The standard InChI is InChI=1S/C14H20N4O2/c1-9-16-10(2)18(17-9)8-13(15)12-7-11(19-3)5-6-14(12)20-4/h5-7,13H,8,15H2,1-4H3. The second kappa shape index (κ2) is 5.92. The minimum atomic E-state index is -0.250. The molecule has 0 saturated heterocycles. The van der Waals surface area contributed by atoms with Gasteiger partial charge in [-0.1, -0.05) is 0 Å². The van der Waals surface area contributed by atoms with Crippen molar-refractivity contribution in [3.63, 3.8) is 0 Å². The van der Waals surface area contributed by atoms with Crippen LogP contribution in [0, 0.1) is 13.8 Å². The third-order valence-corrected chi connectivity index (χ3v) is 3.17. The highest BCUT2D eigenvalue weighted by atomic mass is 16.5. The minimum Gasteiger partial charge on any atom is -0.497 e. The summed E-state index contributed by atoms with van der Waals surface area (Å²) in [6.07, 6.45) is 0. The van der Waals surface area contributed by atoms with Crippen molar-refractivity contribution in [1.82, 2.24) is 14.8 Å². The van der Waals surface area contributed by atoms with Crippen LogP contribution in [0.1, 0.15) is 23.3 Å². The Morgan fingerprint density at radius 1 is 1.25 bits per heavy atom. The van der Waals surface area contributed by atoms with Crippen molar-refractivity contribution < 1.29 is 9.47 Å². The van der Waals surface area contributed by atoms with Crippen LogP contribution in [0.15, 0.2) is 18.2 Å². The smallest absolute Gasteiger partial charge is 0.147 e. The van der Waals surface area contributed by atoms with Crippen molar-refractivity contribution in [3.8, 4) is 11.5 Å². The number of hydrogen-bond acceptors (Lipinski definition) is 5. The van der Waals surface area contributed by atoms with Gasteiger partial charge in [0.05, 0.1) is 26.8 Å². The van der Waals surface area contributed by atoms with E-state index >= 15 is 0 Å². The molecule has 1 aromatic heterocycles. The summed E-state index contributed by atoms with van der Waals surface area (Å²) in [7, 11) is 3.25. The average molecular weight is 276 g/mol. The maximum Gasteiger partial charge on any atom is 0.147 e. The van der Waals surface area contributed by atoms with Crippen LogP contribution in [0.25, 0.3) is 0 Å². The molecule has 6 heteroatoms. The lowest BCUT2D eigenvalue weighted by molar-refractivity contribution is 0.390. The summed E-state index contributed by atoms with van der Waals surface area (Å²) in [5.41, 5.74) is 7.17. The first-order valence-corrected chi connectivity index (χ1v) is 6.40. The Labute approximate surface area is 118 Å². The molecule has 0 saturated carbocycles. The number of aromatic nitrogens is 3. The number of nitrogens with two attached hydrogens (primary N) is 1. The van der Waals surface area contributed by atoms with E-state index in [1.165, 1.54) is 0 Å². The molecule has 0 amide bonds. The second-order valence-corrected chi connectivity index (χ2v) is 4.60. The molecule has 0 bridgehead atoms. The van der Waals surface area contributed by atoms with Crippen molar-refractivity contribution >= 4 is 0 Å². The van der Waals surface area contributed by atoms with Gasteiger partial charge in [-0.15, -0.1) is 0 Å². The zero-order chi connectivity index (χ0) is 14.7. The molecule has 0 aliphatic carbocycles. The van der Waals surface area contributed by atoms with Crippen molar-refractivity contribution in [1.29, 1.82) is 0 Å². The molecule has 1 heterocycles. The first-order chi connectivity index (χ1) is 9.55. The number of benzene rings is 1. The van der Waals surface area contributed by atoms with E-state index < -0.39 is 0 Å². The Morgan fingerprint density at radius 2 is 2.00 bits per heavy atom. The van der Waals surface area contributed by atoms with Gasteiger partial charge < -0.3 is 15.2 Å². The number of aryl methyl sites for hydroxylation is 2. The molecule has 0 fully saturated rings. The molecule has 1 unspecified atom stereocenters. The van der Waals surface area contributed by atoms with Gasteiger partial charge in [0.2, 0.25) is 0 Å². The van der Waals surface area contributed by atoms with Crippen LogP contribution in [-0.4, -0.2) is 29.0 Å². The Bertz CT molecular complexity index is 595. The van der Waals surface area contributed by atoms with Gasteiger partial charge in [-0.3, -0.25) is 0 Å².